The first-order chi connectivity index (χ1) is 16.8. The smallest absolute Gasteiger partial charge is 0.246 e. The van der Waals surface area contributed by atoms with Gasteiger partial charge in [-0.25, -0.2) is 0 Å². The van der Waals surface area contributed by atoms with E-state index in [1.807, 2.05) is 24.8 Å². The summed E-state index contributed by atoms with van der Waals surface area (Å²) in [6.45, 7) is 5.69. The average molecular weight is 483 g/mol. The molecule has 2 unspecified atom stereocenters. The normalized spacial score (nSPS) is 27.5. The zero-order valence-corrected chi connectivity index (χ0v) is 21.7. The van der Waals surface area contributed by atoms with Crippen molar-refractivity contribution < 1.29 is 14.4 Å². The Balaban J connectivity index is 1.56. The molecule has 6 atom stereocenters. The minimum Gasteiger partial charge on any atom is -0.347 e. The fourth-order valence-corrected chi connectivity index (χ4v) is 6.27. The highest BCUT2D eigenvalue weighted by molar-refractivity contribution is 5.94. The van der Waals surface area contributed by atoms with Crippen LogP contribution >= 0.6 is 0 Å². The monoisotopic (exact) mass is 482 g/mol. The van der Waals surface area contributed by atoms with E-state index < -0.39 is 18.1 Å². The Labute approximate surface area is 209 Å². The number of nitrogens with zero attached hydrogens (tertiary/aromatic N) is 1. The number of nitrogens with one attached hydrogen (secondary N) is 3. The highest BCUT2D eigenvalue weighted by Crippen LogP contribution is 2.41. The van der Waals surface area contributed by atoms with Crippen LogP contribution < -0.4 is 16.0 Å². The number of likely N-dealkylation sites (N-methyl/N-ethyl adjacent to an activating group) is 1. The summed E-state index contributed by atoms with van der Waals surface area (Å²) in [6.07, 6.45) is 7.93. The van der Waals surface area contributed by atoms with Crippen LogP contribution in [0.1, 0.15) is 82.9 Å². The molecule has 1 aromatic rings. The molecule has 0 radical (unpaired) electrons. The molecule has 7 nitrogen and oxygen atoms in total. The zero-order valence-electron chi connectivity index (χ0n) is 21.7. The Kier molecular flexibility index (Phi) is 8.15. The van der Waals surface area contributed by atoms with Crippen molar-refractivity contribution in [3.8, 4) is 0 Å². The number of aryl methyl sites for hydroxylation is 1. The van der Waals surface area contributed by atoms with Crippen LogP contribution in [0.4, 0.5) is 0 Å². The number of hydrogen-bond acceptors (Lipinski definition) is 4. The molecule has 0 bridgehead atoms. The lowest BCUT2D eigenvalue weighted by Gasteiger charge is -2.37. The number of carbonyl (C=O) groups excluding carboxylic acids is 3. The number of amides is 3. The molecule has 3 amide bonds. The molecule has 192 valence electrons. The summed E-state index contributed by atoms with van der Waals surface area (Å²) in [5.41, 5.74) is 2.51. The maximum Gasteiger partial charge on any atom is 0.246 e. The first-order valence-corrected chi connectivity index (χ1v) is 13.5. The van der Waals surface area contributed by atoms with Crippen molar-refractivity contribution in [2.24, 2.45) is 11.8 Å². The minimum atomic E-state index is -0.648. The summed E-state index contributed by atoms with van der Waals surface area (Å²) in [7, 11) is 1.73. The van der Waals surface area contributed by atoms with Crippen molar-refractivity contribution in [3.05, 3.63) is 35.4 Å². The zero-order chi connectivity index (χ0) is 25.1. The maximum absolute atomic E-state index is 14.0. The number of benzene rings is 1. The second-order valence-corrected chi connectivity index (χ2v) is 11.0. The van der Waals surface area contributed by atoms with Crippen LogP contribution in [0.3, 0.4) is 0 Å². The maximum atomic E-state index is 14.0. The Morgan fingerprint density at radius 1 is 1.00 bits per heavy atom. The van der Waals surface area contributed by atoms with Gasteiger partial charge in [-0.1, -0.05) is 51.0 Å². The fourth-order valence-electron chi connectivity index (χ4n) is 6.27. The predicted octanol–water partition coefficient (Wildman–Crippen LogP) is 3.09. The van der Waals surface area contributed by atoms with Crippen LogP contribution in [-0.4, -0.2) is 53.8 Å². The predicted molar refractivity (Wildman–Crippen MR) is 137 cm³/mol. The van der Waals surface area contributed by atoms with E-state index in [1.54, 1.807) is 14.0 Å². The van der Waals surface area contributed by atoms with E-state index in [2.05, 4.69) is 34.1 Å². The third kappa shape index (κ3) is 5.40. The quantitative estimate of drug-likeness (QED) is 0.557. The molecule has 3 N–H and O–H groups in total. The summed E-state index contributed by atoms with van der Waals surface area (Å²) in [5, 5.41) is 9.23. The standard InChI is InChI=1S/C28H42N4O3/c1-17(2)25(31-26(33)18(3)29-4)28(35)32-23-15-8-6-11-20(23)16-24(32)27(34)30-22-14-9-12-19-10-5-7-13-21(19)22/h5,7,10,13,17-18,20,22-25,29H,6,8-9,11-12,14-16H2,1-4H3,(H,30,34)(H,31,33)/t18-,20?,22+,23?,24-,25-/m0/s1. The highest BCUT2D eigenvalue weighted by atomic mass is 16.2. The largest absolute Gasteiger partial charge is 0.347 e. The molecule has 1 saturated carbocycles. The van der Waals surface area contributed by atoms with E-state index in [9.17, 15) is 14.4 Å². The van der Waals surface area contributed by atoms with Crippen molar-refractivity contribution in [3.63, 3.8) is 0 Å². The molecule has 1 heterocycles. The van der Waals surface area contributed by atoms with Crippen molar-refractivity contribution in [1.29, 1.82) is 0 Å². The second kappa shape index (κ2) is 11.1. The van der Waals surface area contributed by atoms with Crippen LogP contribution in [0, 0.1) is 11.8 Å². The van der Waals surface area contributed by atoms with E-state index >= 15 is 0 Å². The first kappa shape index (κ1) is 25.7. The highest BCUT2D eigenvalue weighted by Gasteiger charge is 2.49. The van der Waals surface area contributed by atoms with Gasteiger partial charge in [0.25, 0.3) is 0 Å². The molecule has 1 aromatic carbocycles. The fraction of sp³-hybridized carbons (Fsp3) is 0.679. The molecule has 0 aromatic heterocycles. The average Bonchev–Trinajstić information content (AvgIpc) is 3.26. The molecule has 4 rings (SSSR count). The Bertz CT molecular complexity index is 933. The first-order valence-electron chi connectivity index (χ1n) is 13.5. The number of likely N-dealkylation sites (tertiary alicyclic amines) is 1. The van der Waals surface area contributed by atoms with Gasteiger partial charge in [0.15, 0.2) is 0 Å². The lowest BCUT2D eigenvalue weighted by atomic mass is 9.84. The Morgan fingerprint density at radius 3 is 2.49 bits per heavy atom. The van der Waals surface area contributed by atoms with Crippen molar-refractivity contribution in [2.75, 3.05) is 7.05 Å². The van der Waals surface area contributed by atoms with E-state index in [4.69, 9.17) is 0 Å². The van der Waals surface area contributed by atoms with E-state index in [0.29, 0.717) is 12.3 Å². The number of hydrogen-bond donors (Lipinski definition) is 3. The molecular weight excluding hydrogens is 440 g/mol. The van der Waals surface area contributed by atoms with Crippen molar-refractivity contribution in [1.82, 2.24) is 20.9 Å². The van der Waals surface area contributed by atoms with Crippen LogP contribution in [0.15, 0.2) is 24.3 Å². The topological polar surface area (TPSA) is 90.5 Å². The number of rotatable bonds is 7. The molecule has 1 saturated heterocycles. The summed E-state index contributed by atoms with van der Waals surface area (Å²) in [6, 6.07) is 6.89. The van der Waals surface area contributed by atoms with Gasteiger partial charge in [0.2, 0.25) is 17.7 Å². The van der Waals surface area contributed by atoms with Crippen molar-refractivity contribution in [2.45, 2.75) is 102 Å². The third-order valence-corrected chi connectivity index (χ3v) is 8.39. The van der Waals surface area contributed by atoms with Crippen LogP contribution in [0.2, 0.25) is 0 Å². The lowest BCUT2D eigenvalue weighted by molar-refractivity contribution is -0.145. The van der Waals surface area contributed by atoms with E-state index in [1.165, 1.54) is 11.1 Å². The van der Waals surface area contributed by atoms with Crippen LogP contribution in [0.5, 0.6) is 0 Å². The third-order valence-electron chi connectivity index (χ3n) is 8.39. The molecule has 35 heavy (non-hydrogen) atoms. The molecule has 1 aliphatic heterocycles. The summed E-state index contributed by atoms with van der Waals surface area (Å²) in [5.74, 6) is -0.0881. The number of carbonyl (C=O) groups is 3. The van der Waals surface area contributed by atoms with Gasteiger partial charge >= 0.3 is 0 Å². The number of fused-ring (bicyclic) bond motifs is 2. The van der Waals surface area contributed by atoms with Gasteiger partial charge in [0.05, 0.1) is 12.1 Å². The van der Waals surface area contributed by atoms with Gasteiger partial charge in [-0.05, 0) is 75.5 Å². The van der Waals surface area contributed by atoms with Gasteiger partial charge in [0.1, 0.15) is 12.1 Å². The van der Waals surface area contributed by atoms with E-state index in [0.717, 1.165) is 44.9 Å². The minimum absolute atomic E-state index is 0.0101. The lowest BCUT2D eigenvalue weighted by Crippen LogP contribution is -2.59. The molecule has 7 heteroatoms. The Hall–Kier alpha value is -2.41. The summed E-state index contributed by atoms with van der Waals surface area (Å²) in [4.78, 5) is 42.3. The van der Waals surface area contributed by atoms with Gasteiger partial charge in [-0.3, -0.25) is 14.4 Å². The molecule has 2 fully saturated rings. The summed E-state index contributed by atoms with van der Waals surface area (Å²) < 4.78 is 0. The summed E-state index contributed by atoms with van der Waals surface area (Å²) >= 11 is 0. The Morgan fingerprint density at radius 2 is 1.74 bits per heavy atom. The second-order valence-electron chi connectivity index (χ2n) is 11.0. The molecule has 3 aliphatic rings. The van der Waals surface area contributed by atoms with Crippen molar-refractivity contribution >= 4 is 17.7 Å². The van der Waals surface area contributed by atoms with Gasteiger partial charge in [-0.2, -0.15) is 0 Å². The van der Waals surface area contributed by atoms with E-state index in [-0.39, 0.29) is 35.7 Å². The van der Waals surface area contributed by atoms with Gasteiger partial charge in [-0.15, -0.1) is 0 Å². The molecular formula is C28H42N4O3. The SMILES string of the molecule is CN[C@@H](C)C(=O)N[C@H](C(=O)N1C2CCCCC2C[C@H]1C(=O)N[C@@H]1CCCc2ccccc21)C(C)C. The van der Waals surface area contributed by atoms with Gasteiger partial charge < -0.3 is 20.9 Å². The van der Waals surface area contributed by atoms with Crippen LogP contribution in [0.25, 0.3) is 0 Å². The molecule has 2 aliphatic carbocycles. The van der Waals surface area contributed by atoms with Gasteiger partial charge in [0, 0.05) is 6.04 Å². The molecule has 0 spiro atoms. The van der Waals surface area contributed by atoms with Crippen LogP contribution in [-0.2, 0) is 20.8 Å².